The molecule has 1 aromatic rings. The molecule has 188 valence electrons. The van der Waals surface area contributed by atoms with E-state index < -0.39 is 14.1 Å². The molecule has 8 heteroatoms. The Kier molecular flexibility index (Phi) is 13.3. The van der Waals surface area contributed by atoms with Gasteiger partial charge in [-0.15, -0.1) is 0 Å². The molecule has 0 bridgehead atoms. The first-order valence-corrected chi connectivity index (χ1v) is 18.9. The third-order valence-electron chi connectivity index (χ3n) is 6.44. The van der Waals surface area contributed by atoms with E-state index in [9.17, 15) is 5.11 Å². The third-order valence-corrected chi connectivity index (χ3v) is 19.2. The van der Waals surface area contributed by atoms with Crippen LogP contribution in [0.2, 0.25) is 6.04 Å². The van der Waals surface area contributed by atoms with E-state index >= 15 is 0 Å². The molecule has 1 aromatic carbocycles. The maximum atomic E-state index is 10.5. The quantitative estimate of drug-likeness (QED) is 0.121. The summed E-state index contributed by atoms with van der Waals surface area (Å²) in [5, 5.41) is 9.20. The fourth-order valence-corrected chi connectivity index (χ4v) is 14.8. The predicted molar refractivity (Wildman–Crippen MR) is 145 cm³/mol. The normalized spacial score (nSPS) is 13.7. The molecule has 5 nitrogen and oxygen atoms in total. The Balaban J connectivity index is 3.26. The first kappa shape index (κ1) is 29.9. The number of phenols is 1. The van der Waals surface area contributed by atoms with Gasteiger partial charge in [0, 0.05) is 0 Å². The van der Waals surface area contributed by atoms with Crippen LogP contribution in [-0.4, -0.2) is 60.3 Å². The summed E-state index contributed by atoms with van der Waals surface area (Å²) in [6, 6.07) is 6.36. The van der Waals surface area contributed by atoms with Gasteiger partial charge in [-0.3, -0.25) is 0 Å². The van der Waals surface area contributed by atoms with Crippen molar-refractivity contribution in [1.29, 1.82) is 0 Å². The van der Waals surface area contributed by atoms with Crippen LogP contribution >= 0.6 is 20.8 Å². The Bertz CT molecular complexity index is 639. The van der Waals surface area contributed by atoms with Gasteiger partial charge >= 0.3 is 206 Å². The zero-order chi connectivity index (χ0) is 24.1. The molecule has 0 aliphatic heterocycles. The van der Waals surface area contributed by atoms with Gasteiger partial charge in [-0.05, 0) is 0 Å². The van der Waals surface area contributed by atoms with Crippen LogP contribution in [0.5, 0.6) is 11.5 Å². The summed E-state index contributed by atoms with van der Waals surface area (Å²) >= 11 is 4.45. The van der Waals surface area contributed by atoms with Crippen molar-refractivity contribution in [2.45, 2.75) is 71.8 Å². The zero-order valence-electron chi connectivity index (χ0n) is 21.1. The van der Waals surface area contributed by atoms with Crippen LogP contribution in [0.1, 0.15) is 65.7 Å². The number of aromatic hydroxyl groups is 1. The summed E-state index contributed by atoms with van der Waals surface area (Å²) in [6.45, 7) is 7.32. The van der Waals surface area contributed by atoms with Crippen LogP contribution in [0.25, 0.3) is 0 Å². The second kappa shape index (κ2) is 14.3. The molecule has 0 atom stereocenters. The van der Waals surface area contributed by atoms with Crippen molar-refractivity contribution in [1.82, 2.24) is 0 Å². The van der Waals surface area contributed by atoms with Crippen molar-refractivity contribution in [2.24, 2.45) is 0 Å². The van der Waals surface area contributed by atoms with Crippen molar-refractivity contribution >= 4 is 34.9 Å². The van der Waals surface area contributed by atoms with E-state index in [1.807, 2.05) is 12.1 Å². The van der Waals surface area contributed by atoms with Crippen LogP contribution in [0.15, 0.2) is 18.2 Å². The summed E-state index contributed by atoms with van der Waals surface area (Å²) < 4.78 is 23.0. The molecule has 0 saturated carbocycles. The van der Waals surface area contributed by atoms with Gasteiger partial charge in [0.05, 0.1) is 0 Å². The minimum absolute atomic E-state index is 0.315. The van der Waals surface area contributed by atoms with Gasteiger partial charge in [-0.25, -0.2) is 0 Å². The molecule has 1 N–H and O–H groups in total. The standard InChI is InChI=1S/C24H46BrO5PSi/c1-7-10-17-31(25,18-11-8-2,19-12-9-3)24-21-22(26)14-15-23(24)30-16-13-20-32(27-4,28-5)29-6/h14-15,21,26H,7-13,16-20H2,1-6H3. The molecular formula is C24H46BrO5PSi. The van der Waals surface area contributed by atoms with E-state index in [1.165, 1.54) is 24.6 Å². The molecule has 0 spiro atoms. The molecule has 0 amide bonds. The summed E-state index contributed by atoms with van der Waals surface area (Å²) in [6.07, 6.45) is 11.2. The average molecular weight is 554 g/mol. The van der Waals surface area contributed by atoms with E-state index in [1.54, 1.807) is 27.4 Å². The number of hydrogen-bond donors (Lipinski definition) is 1. The van der Waals surface area contributed by atoms with Crippen LogP contribution in [0.4, 0.5) is 0 Å². The van der Waals surface area contributed by atoms with E-state index in [-0.39, 0.29) is 0 Å². The van der Waals surface area contributed by atoms with Gasteiger partial charge in [0.2, 0.25) is 0 Å². The van der Waals surface area contributed by atoms with Crippen molar-refractivity contribution in [2.75, 3.05) is 46.4 Å². The molecule has 0 fully saturated rings. The monoisotopic (exact) mass is 552 g/mol. The third kappa shape index (κ3) is 7.95. The van der Waals surface area contributed by atoms with Gasteiger partial charge in [0.15, 0.2) is 0 Å². The summed E-state index contributed by atoms with van der Waals surface area (Å²) in [4.78, 5) is 0. The number of hydrogen-bond acceptors (Lipinski definition) is 5. The summed E-state index contributed by atoms with van der Waals surface area (Å²) in [5.41, 5.74) is 0. The SMILES string of the molecule is CCCCP(Br)(CCCC)(CCCC)c1cc(O)ccc1OCCC[Si](OC)(OC)OC. The number of unbranched alkanes of at least 4 members (excludes halogenated alkanes) is 3. The Labute approximate surface area is 205 Å². The van der Waals surface area contributed by atoms with Gasteiger partial charge < -0.3 is 0 Å². The van der Waals surface area contributed by atoms with Gasteiger partial charge in [-0.1, -0.05) is 0 Å². The second-order valence-corrected chi connectivity index (χ2v) is 22.4. The molecule has 0 unspecified atom stereocenters. The first-order valence-electron chi connectivity index (χ1n) is 12.1. The summed E-state index contributed by atoms with van der Waals surface area (Å²) in [7, 11) is 2.32. The number of ether oxygens (including phenoxy) is 1. The molecule has 0 aliphatic carbocycles. The molecule has 0 heterocycles. The fraction of sp³-hybridized carbons (Fsp3) is 0.750. The molecule has 1 rings (SSSR count). The topological polar surface area (TPSA) is 57.2 Å². The zero-order valence-corrected chi connectivity index (χ0v) is 24.6. The van der Waals surface area contributed by atoms with Crippen molar-refractivity contribution in [3.05, 3.63) is 18.2 Å². The number of halogens is 1. The van der Waals surface area contributed by atoms with Crippen LogP contribution in [-0.2, 0) is 13.3 Å². The molecular weight excluding hydrogens is 507 g/mol. The molecule has 0 saturated heterocycles. The number of rotatable bonds is 18. The van der Waals surface area contributed by atoms with E-state index in [0.717, 1.165) is 49.9 Å². The van der Waals surface area contributed by atoms with Crippen molar-refractivity contribution in [3.63, 3.8) is 0 Å². The maximum absolute atomic E-state index is 10.5. The van der Waals surface area contributed by atoms with Crippen LogP contribution < -0.4 is 10.0 Å². The first-order chi connectivity index (χ1) is 15.3. The van der Waals surface area contributed by atoms with E-state index in [0.29, 0.717) is 18.4 Å². The Morgan fingerprint density at radius 1 is 0.844 bits per heavy atom. The van der Waals surface area contributed by atoms with Crippen LogP contribution in [0, 0.1) is 0 Å². The predicted octanol–water partition coefficient (Wildman–Crippen LogP) is 6.93. The van der Waals surface area contributed by atoms with E-state index in [4.69, 9.17) is 18.0 Å². The number of benzene rings is 1. The number of phenolic OH excluding ortho intramolecular Hbond substituents is 1. The average Bonchev–Trinajstić information content (AvgIpc) is 2.82. The summed E-state index contributed by atoms with van der Waals surface area (Å²) in [5.74, 6) is 1.22. The Morgan fingerprint density at radius 2 is 1.34 bits per heavy atom. The molecule has 0 aliphatic rings. The van der Waals surface area contributed by atoms with Gasteiger partial charge in [0.25, 0.3) is 0 Å². The fourth-order valence-electron chi connectivity index (χ4n) is 4.35. The van der Waals surface area contributed by atoms with Crippen LogP contribution in [0.3, 0.4) is 0 Å². The Hall–Kier alpha value is -0.173. The molecule has 0 radical (unpaired) electrons. The van der Waals surface area contributed by atoms with Gasteiger partial charge in [-0.2, -0.15) is 0 Å². The van der Waals surface area contributed by atoms with E-state index in [2.05, 4.69) is 36.3 Å². The Morgan fingerprint density at radius 3 is 1.78 bits per heavy atom. The second-order valence-electron chi connectivity index (χ2n) is 8.72. The van der Waals surface area contributed by atoms with Crippen molar-refractivity contribution in [3.8, 4) is 11.5 Å². The molecule has 0 aromatic heterocycles. The van der Waals surface area contributed by atoms with Gasteiger partial charge in [0.1, 0.15) is 0 Å². The molecule has 32 heavy (non-hydrogen) atoms. The minimum atomic E-state index is -2.60. The van der Waals surface area contributed by atoms with Crippen molar-refractivity contribution < 1.29 is 23.1 Å².